The third kappa shape index (κ3) is 3.69. The lowest BCUT2D eigenvalue weighted by Crippen LogP contribution is -2.45. The minimum Gasteiger partial charge on any atom is -0.323 e. The molecule has 1 aromatic carbocycles. The predicted molar refractivity (Wildman–Crippen MR) is 83.1 cm³/mol. The van der Waals surface area contributed by atoms with Crippen molar-refractivity contribution in [3.05, 3.63) is 29.8 Å². The molecule has 1 aromatic rings. The summed E-state index contributed by atoms with van der Waals surface area (Å²) in [6.45, 7) is 4.84. The molecule has 1 atom stereocenters. The third-order valence-electron chi connectivity index (χ3n) is 3.67. The number of anilines is 1. The zero-order valence-electron chi connectivity index (χ0n) is 13.7. The van der Waals surface area contributed by atoms with Crippen LogP contribution < -0.4 is 10.6 Å². The van der Waals surface area contributed by atoms with Crippen molar-refractivity contribution in [1.82, 2.24) is 10.2 Å². The highest BCUT2D eigenvalue weighted by atomic mass is 19.1. The van der Waals surface area contributed by atoms with Gasteiger partial charge in [0.25, 0.3) is 5.91 Å². The fourth-order valence-corrected chi connectivity index (χ4v) is 2.77. The van der Waals surface area contributed by atoms with Crippen LogP contribution in [0.2, 0.25) is 0 Å². The largest absolute Gasteiger partial charge is 0.325 e. The number of imide groups is 1. The van der Waals surface area contributed by atoms with Gasteiger partial charge in [-0.3, -0.25) is 14.5 Å². The molecule has 0 unspecified atom stereocenters. The van der Waals surface area contributed by atoms with Crippen LogP contribution in [0.25, 0.3) is 0 Å². The summed E-state index contributed by atoms with van der Waals surface area (Å²) in [6, 6.07) is 1.93. The fourth-order valence-electron chi connectivity index (χ4n) is 2.77. The predicted octanol–water partition coefficient (Wildman–Crippen LogP) is 2.26. The number of nitrogens with zero attached hydrogens (tertiary/aromatic N) is 1. The van der Waals surface area contributed by atoms with Crippen molar-refractivity contribution in [1.29, 1.82) is 0 Å². The topological polar surface area (TPSA) is 78.5 Å². The van der Waals surface area contributed by atoms with Crippen molar-refractivity contribution in [3.8, 4) is 0 Å². The van der Waals surface area contributed by atoms with E-state index >= 15 is 0 Å². The number of amides is 4. The first-order valence-corrected chi connectivity index (χ1v) is 7.51. The smallest absolute Gasteiger partial charge is 0.323 e. The van der Waals surface area contributed by atoms with Crippen LogP contribution in [0, 0.1) is 17.6 Å². The number of benzene rings is 1. The molecule has 0 aromatic heterocycles. The summed E-state index contributed by atoms with van der Waals surface area (Å²) >= 11 is 0. The van der Waals surface area contributed by atoms with Crippen LogP contribution in [0.15, 0.2) is 18.2 Å². The summed E-state index contributed by atoms with van der Waals surface area (Å²) in [7, 11) is 0. The van der Waals surface area contributed by atoms with Gasteiger partial charge in [-0.25, -0.2) is 13.6 Å². The van der Waals surface area contributed by atoms with Crippen molar-refractivity contribution in [2.24, 2.45) is 5.92 Å². The second-order valence-corrected chi connectivity index (χ2v) is 6.42. The number of rotatable bonds is 5. The van der Waals surface area contributed by atoms with Crippen molar-refractivity contribution in [3.63, 3.8) is 0 Å². The summed E-state index contributed by atoms with van der Waals surface area (Å²) in [5, 5.41) is 4.73. The number of halogens is 2. The Bertz CT molecular complexity index is 693. The highest BCUT2D eigenvalue weighted by molar-refractivity contribution is 6.09. The molecule has 0 saturated carbocycles. The number of carbonyl (C=O) groups is 3. The van der Waals surface area contributed by atoms with E-state index in [9.17, 15) is 23.2 Å². The first-order valence-electron chi connectivity index (χ1n) is 7.51. The second-order valence-electron chi connectivity index (χ2n) is 6.42. The van der Waals surface area contributed by atoms with Crippen LogP contribution in [0.5, 0.6) is 0 Å². The van der Waals surface area contributed by atoms with Crippen LogP contribution in [0.4, 0.5) is 19.3 Å². The Morgan fingerprint density at radius 2 is 2.00 bits per heavy atom. The van der Waals surface area contributed by atoms with Crippen molar-refractivity contribution in [2.75, 3.05) is 11.9 Å². The highest BCUT2D eigenvalue weighted by Gasteiger charge is 2.48. The van der Waals surface area contributed by atoms with Gasteiger partial charge in [-0.05, 0) is 31.4 Å². The van der Waals surface area contributed by atoms with Gasteiger partial charge in [0.2, 0.25) is 5.91 Å². The molecule has 1 aliphatic rings. The molecule has 6 nitrogen and oxygen atoms in total. The number of nitrogens with one attached hydrogen (secondary N) is 2. The van der Waals surface area contributed by atoms with E-state index in [0.717, 1.165) is 23.1 Å². The second kappa shape index (κ2) is 6.54. The van der Waals surface area contributed by atoms with Gasteiger partial charge < -0.3 is 10.6 Å². The molecule has 1 aliphatic heterocycles. The molecule has 2 rings (SSSR count). The zero-order valence-corrected chi connectivity index (χ0v) is 13.7. The molecule has 1 heterocycles. The maximum absolute atomic E-state index is 13.5. The van der Waals surface area contributed by atoms with Crippen LogP contribution >= 0.6 is 0 Å². The number of carbonyl (C=O) groups excluding carboxylic acids is 3. The van der Waals surface area contributed by atoms with Crippen molar-refractivity contribution in [2.45, 2.75) is 32.7 Å². The molecule has 2 N–H and O–H groups in total. The lowest BCUT2D eigenvalue weighted by Gasteiger charge is -2.23. The SMILES string of the molecule is CC(C)C[C@]1(C)NC(=O)N(CC(=O)Nc2cc(F)ccc2F)C1=O. The molecule has 0 radical (unpaired) electrons. The van der Waals surface area contributed by atoms with E-state index in [-0.39, 0.29) is 11.6 Å². The highest BCUT2D eigenvalue weighted by Crippen LogP contribution is 2.25. The van der Waals surface area contributed by atoms with Gasteiger partial charge in [-0.2, -0.15) is 0 Å². The van der Waals surface area contributed by atoms with E-state index < -0.39 is 41.6 Å². The van der Waals surface area contributed by atoms with Crippen molar-refractivity contribution < 1.29 is 23.2 Å². The first kappa shape index (κ1) is 17.8. The summed E-state index contributed by atoms with van der Waals surface area (Å²) in [6.07, 6.45) is 0.425. The lowest BCUT2D eigenvalue weighted by molar-refractivity contribution is -0.133. The van der Waals surface area contributed by atoms with Gasteiger partial charge in [0, 0.05) is 6.07 Å². The summed E-state index contributed by atoms with van der Waals surface area (Å²) in [4.78, 5) is 37.1. The molecule has 0 aliphatic carbocycles. The summed E-state index contributed by atoms with van der Waals surface area (Å²) in [5.74, 6) is -2.68. The number of hydrogen-bond acceptors (Lipinski definition) is 3. The van der Waals surface area contributed by atoms with Gasteiger partial charge in [0.1, 0.15) is 23.7 Å². The maximum atomic E-state index is 13.5. The minimum absolute atomic E-state index is 0.161. The zero-order chi connectivity index (χ0) is 18.1. The number of urea groups is 1. The molecular weight excluding hydrogens is 320 g/mol. The molecule has 130 valence electrons. The summed E-state index contributed by atoms with van der Waals surface area (Å²) in [5.41, 5.74) is -1.42. The molecular formula is C16H19F2N3O3. The average Bonchev–Trinajstić information content (AvgIpc) is 2.65. The van der Waals surface area contributed by atoms with Gasteiger partial charge in [0.05, 0.1) is 5.69 Å². The van der Waals surface area contributed by atoms with E-state index in [1.54, 1.807) is 6.92 Å². The van der Waals surface area contributed by atoms with E-state index in [4.69, 9.17) is 0 Å². The Hall–Kier alpha value is -2.51. The Kier molecular flexibility index (Phi) is 4.86. The van der Waals surface area contributed by atoms with E-state index in [2.05, 4.69) is 10.6 Å². The molecule has 1 fully saturated rings. The molecule has 8 heteroatoms. The molecule has 24 heavy (non-hydrogen) atoms. The Morgan fingerprint density at radius 1 is 1.33 bits per heavy atom. The van der Waals surface area contributed by atoms with Crippen LogP contribution in [-0.4, -0.2) is 34.8 Å². The Balaban J connectivity index is 2.07. The lowest BCUT2D eigenvalue weighted by atomic mass is 9.91. The van der Waals surface area contributed by atoms with E-state index in [1.165, 1.54) is 0 Å². The monoisotopic (exact) mass is 339 g/mol. The van der Waals surface area contributed by atoms with Crippen LogP contribution in [-0.2, 0) is 9.59 Å². The molecule has 1 saturated heterocycles. The Labute approximate surface area is 138 Å². The minimum atomic E-state index is -1.07. The third-order valence-corrected chi connectivity index (χ3v) is 3.67. The molecule has 4 amide bonds. The van der Waals surface area contributed by atoms with E-state index in [1.807, 2.05) is 13.8 Å². The van der Waals surface area contributed by atoms with Gasteiger partial charge in [0.15, 0.2) is 0 Å². The maximum Gasteiger partial charge on any atom is 0.325 e. The standard InChI is InChI=1S/C16H19F2N3O3/c1-9(2)7-16(3)14(23)21(15(24)20-16)8-13(22)19-12-6-10(17)4-5-11(12)18/h4-6,9H,7-8H2,1-3H3,(H,19,22)(H,20,24)/t16-/m0/s1. The molecule has 0 spiro atoms. The molecule has 0 bridgehead atoms. The van der Waals surface area contributed by atoms with Gasteiger partial charge >= 0.3 is 6.03 Å². The summed E-state index contributed by atoms with van der Waals surface area (Å²) < 4.78 is 26.6. The van der Waals surface area contributed by atoms with Crippen LogP contribution in [0.3, 0.4) is 0 Å². The van der Waals surface area contributed by atoms with Crippen LogP contribution in [0.1, 0.15) is 27.2 Å². The quantitative estimate of drug-likeness (QED) is 0.808. The number of hydrogen-bond donors (Lipinski definition) is 2. The fraction of sp³-hybridized carbons (Fsp3) is 0.438. The van der Waals surface area contributed by atoms with Gasteiger partial charge in [-0.15, -0.1) is 0 Å². The van der Waals surface area contributed by atoms with Gasteiger partial charge in [-0.1, -0.05) is 13.8 Å². The average molecular weight is 339 g/mol. The van der Waals surface area contributed by atoms with Crippen molar-refractivity contribution >= 4 is 23.5 Å². The Morgan fingerprint density at radius 3 is 2.62 bits per heavy atom. The van der Waals surface area contributed by atoms with E-state index in [0.29, 0.717) is 6.42 Å². The normalized spacial score (nSPS) is 20.5. The first-order chi connectivity index (χ1) is 11.1.